The highest BCUT2D eigenvalue weighted by atomic mass is 19.4. The maximum Gasteiger partial charge on any atom is 0.434 e. The standard InChI is InChI=1S/C8H6F12/c1-3(6(14,15)16)5(12,13)7(17,8(18,19)20)4(10,11)2-9/h3H,2H2,1H3. The Kier molecular flexibility index (Phi) is 4.66. The van der Waals surface area contributed by atoms with Gasteiger partial charge >= 0.3 is 29.9 Å². The average molecular weight is 330 g/mol. The molecule has 0 fully saturated rings. The Morgan fingerprint density at radius 1 is 0.750 bits per heavy atom. The van der Waals surface area contributed by atoms with Gasteiger partial charge in [0.2, 0.25) is 0 Å². The summed E-state index contributed by atoms with van der Waals surface area (Å²) in [5, 5.41) is 0. The molecule has 0 bridgehead atoms. The van der Waals surface area contributed by atoms with Crippen molar-refractivity contribution >= 4 is 0 Å². The molecule has 0 aromatic heterocycles. The Morgan fingerprint density at radius 3 is 1.30 bits per heavy atom. The van der Waals surface area contributed by atoms with Crippen molar-refractivity contribution in [3.05, 3.63) is 0 Å². The van der Waals surface area contributed by atoms with Crippen molar-refractivity contribution in [2.45, 2.75) is 36.8 Å². The van der Waals surface area contributed by atoms with Gasteiger partial charge in [0.05, 0.1) is 0 Å². The highest BCUT2D eigenvalue weighted by Gasteiger charge is 2.85. The maximum atomic E-state index is 13.3. The summed E-state index contributed by atoms with van der Waals surface area (Å²) >= 11 is 0. The number of rotatable bonds is 4. The number of halogens is 12. The molecule has 0 amide bonds. The lowest BCUT2D eigenvalue weighted by Crippen LogP contribution is -2.69. The van der Waals surface area contributed by atoms with Crippen molar-refractivity contribution in [1.29, 1.82) is 0 Å². The van der Waals surface area contributed by atoms with Crippen LogP contribution in [0.15, 0.2) is 0 Å². The molecule has 0 aliphatic rings. The molecule has 0 radical (unpaired) electrons. The summed E-state index contributed by atoms with van der Waals surface area (Å²) in [7, 11) is 0. The lowest BCUT2D eigenvalue weighted by Gasteiger charge is -2.41. The predicted octanol–water partition coefficient (Wildman–Crippen LogP) is 4.70. The van der Waals surface area contributed by atoms with Gasteiger partial charge in [0, 0.05) is 0 Å². The van der Waals surface area contributed by atoms with E-state index in [0.717, 1.165) is 0 Å². The largest absolute Gasteiger partial charge is 0.434 e. The second kappa shape index (κ2) is 4.86. The van der Waals surface area contributed by atoms with Crippen molar-refractivity contribution in [3.63, 3.8) is 0 Å². The van der Waals surface area contributed by atoms with E-state index in [-0.39, 0.29) is 0 Å². The first-order valence-electron chi connectivity index (χ1n) is 4.60. The van der Waals surface area contributed by atoms with Crippen LogP contribution in [0.2, 0.25) is 0 Å². The Balaban J connectivity index is 6.18. The molecular weight excluding hydrogens is 324 g/mol. The van der Waals surface area contributed by atoms with Crippen molar-refractivity contribution in [3.8, 4) is 0 Å². The van der Waals surface area contributed by atoms with E-state index in [1.54, 1.807) is 0 Å². The van der Waals surface area contributed by atoms with Crippen LogP contribution in [0.1, 0.15) is 6.92 Å². The lowest BCUT2D eigenvalue weighted by atomic mass is 9.82. The lowest BCUT2D eigenvalue weighted by molar-refractivity contribution is -0.392. The van der Waals surface area contributed by atoms with Gasteiger partial charge in [-0.2, -0.15) is 35.1 Å². The smallest absolute Gasteiger partial charge is 0.244 e. The minimum Gasteiger partial charge on any atom is -0.244 e. The first kappa shape index (κ1) is 19.2. The summed E-state index contributed by atoms with van der Waals surface area (Å²) in [5.74, 6) is -17.5. The van der Waals surface area contributed by atoms with E-state index >= 15 is 0 Å². The Morgan fingerprint density at radius 2 is 1.10 bits per heavy atom. The van der Waals surface area contributed by atoms with E-state index in [1.807, 2.05) is 0 Å². The molecule has 0 aliphatic heterocycles. The van der Waals surface area contributed by atoms with E-state index in [1.165, 1.54) is 0 Å². The third-order valence-corrected chi connectivity index (χ3v) is 2.56. The van der Waals surface area contributed by atoms with Gasteiger partial charge in [-0.1, -0.05) is 0 Å². The SMILES string of the molecule is CC(C(F)(F)F)C(F)(F)C(F)(C(F)(F)F)C(F)(F)CF. The van der Waals surface area contributed by atoms with Gasteiger partial charge in [-0.25, -0.2) is 17.6 Å². The molecule has 122 valence electrons. The quantitative estimate of drug-likeness (QED) is 0.656. The molecule has 0 nitrogen and oxygen atoms in total. The van der Waals surface area contributed by atoms with Gasteiger partial charge in [0.15, 0.2) is 6.67 Å². The number of hydrogen-bond acceptors (Lipinski definition) is 0. The summed E-state index contributed by atoms with van der Waals surface area (Å²) in [6.07, 6.45) is -13.2. The van der Waals surface area contributed by atoms with Crippen LogP contribution in [0.3, 0.4) is 0 Å². The highest BCUT2D eigenvalue weighted by Crippen LogP contribution is 2.58. The Bertz CT molecular complexity index is 338. The van der Waals surface area contributed by atoms with Crippen molar-refractivity contribution < 1.29 is 52.7 Å². The topological polar surface area (TPSA) is 0 Å². The normalized spacial score (nSPS) is 19.6. The number of hydrogen-bond donors (Lipinski definition) is 0. The zero-order valence-electron chi connectivity index (χ0n) is 9.32. The predicted molar refractivity (Wildman–Crippen MR) is 41.0 cm³/mol. The van der Waals surface area contributed by atoms with Gasteiger partial charge < -0.3 is 0 Å². The first-order chi connectivity index (χ1) is 8.47. The molecule has 0 heterocycles. The van der Waals surface area contributed by atoms with Crippen molar-refractivity contribution in [1.82, 2.24) is 0 Å². The van der Waals surface area contributed by atoms with Gasteiger partial charge in [-0.15, -0.1) is 0 Å². The van der Waals surface area contributed by atoms with E-state index in [9.17, 15) is 52.7 Å². The first-order valence-corrected chi connectivity index (χ1v) is 4.60. The van der Waals surface area contributed by atoms with Crippen LogP contribution >= 0.6 is 0 Å². The van der Waals surface area contributed by atoms with E-state index in [4.69, 9.17) is 0 Å². The molecular formula is C8H6F12. The van der Waals surface area contributed by atoms with Crippen LogP contribution in [0.5, 0.6) is 0 Å². The van der Waals surface area contributed by atoms with Crippen LogP contribution in [0.4, 0.5) is 52.7 Å². The fraction of sp³-hybridized carbons (Fsp3) is 1.00. The summed E-state index contributed by atoms with van der Waals surface area (Å²) < 4.78 is 149. The molecule has 20 heavy (non-hydrogen) atoms. The third kappa shape index (κ3) is 2.65. The van der Waals surface area contributed by atoms with Crippen LogP contribution in [0, 0.1) is 5.92 Å². The molecule has 12 heteroatoms. The monoisotopic (exact) mass is 330 g/mol. The summed E-state index contributed by atoms with van der Waals surface area (Å²) in [5.41, 5.74) is -7.00. The molecule has 0 spiro atoms. The minimum atomic E-state index is -7.13. The minimum absolute atomic E-state index is 0.617. The van der Waals surface area contributed by atoms with Crippen LogP contribution in [-0.2, 0) is 0 Å². The van der Waals surface area contributed by atoms with E-state index in [0.29, 0.717) is 0 Å². The fourth-order valence-electron chi connectivity index (χ4n) is 1.24. The molecule has 0 aromatic carbocycles. The van der Waals surface area contributed by atoms with Crippen molar-refractivity contribution in [2.75, 3.05) is 6.67 Å². The van der Waals surface area contributed by atoms with E-state index in [2.05, 4.69) is 0 Å². The second-order valence-corrected chi connectivity index (χ2v) is 3.88. The van der Waals surface area contributed by atoms with Gasteiger partial charge in [-0.3, -0.25) is 0 Å². The third-order valence-electron chi connectivity index (χ3n) is 2.56. The van der Waals surface area contributed by atoms with Crippen LogP contribution in [0.25, 0.3) is 0 Å². The van der Waals surface area contributed by atoms with Crippen LogP contribution in [-0.4, -0.2) is 36.5 Å². The molecule has 0 N–H and O–H groups in total. The molecule has 0 rings (SSSR count). The van der Waals surface area contributed by atoms with Crippen molar-refractivity contribution in [2.24, 2.45) is 5.92 Å². The molecule has 0 saturated heterocycles. The Labute approximate surface area is 103 Å². The summed E-state index contributed by atoms with van der Waals surface area (Å²) in [4.78, 5) is 0. The summed E-state index contributed by atoms with van der Waals surface area (Å²) in [6.45, 7) is -4.17. The molecule has 2 unspecified atom stereocenters. The van der Waals surface area contributed by atoms with Gasteiger partial charge in [0.25, 0.3) is 0 Å². The zero-order valence-corrected chi connectivity index (χ0v) is 9.32. The van der Waals surface area contributed by atoms with E-state index < -0.39 is 49.4 Å². The summed E-state index contributed by atoms with van der Waals surface area (Å²) in [6, 6.07) is 0. The second-order valence-electron chi connectivity index (χ2n) is 3.88. The maximum absolute atomic E-state index is 13.3. The molecule has 2 atom stereocenters. The van der Waals surface area contributed by atoms with Gasteiger partial charge in [-0.05, 0) is 6.92 Å². The molecule has 0 aliphatic carbocycles. The number of alkyl halides is 12. The molecule has 0 aromatic rings. The van der Waals surface area contributed by atoms with Gasteiger partial charge in [0.1, 0.15) is 5.92 Å². The highest BCUT2D eigenvalue weighted by molar-refractivity contribution is 5.11. The zero-order chi connectivity index (χ0) is 16.8. The molecule has 0 saturated carbocycles. The Hall–Kier alpha value is -0.840. The fourth-order valence-corrected chi connectivity index (χ4v) is 1.24. The average Bonchev–Trinajstić information content (AvgIpc) is 2.23. The van der Waals surface area contributed by atoms with Crippen LogP contribution < -0.4 is 0 Å².